The molecule has 29 heavy (non-hydrogen) atoms. The topological polar surface area (TPSA) is 83.0 Å². The van der Waals surface area contributed by atoms with Crippen LogP contribution in [-0.2, 0) is 17.0 Å². The second-order valence-corrected chi connectivity index (χ2v) is 7.11. The number of hydrogen-bond acceptors (Lipinski definition) is 7. The first-order valence-corrected chi connectivity index (χ1v) is 9.90. The number of carbonyl (C=O) groups excluding carboxylic acids is 1. The van der Waals surface area contributed by atoms with Crippen molar-refractivity contribution < 1.29 is 13.9 Å². The van der Waals surface area contributed by atoms with E-state index in [9.17, 15) is 4.79 Å². The lowest BCUT2D eigenvalue weighted by Crippen LogP contribution is -2.04. The molecule has 0 fully saturated rings. The molecule has 0 unspecified atom stereocenters. The van der Waals surface area contributed by atoms with E-state index >= 15 is 0 Å². The van der Waals surface area contributed by atoms with Gasteiger partial charge in [-0.3, -0.25) is 9.55 Å². The molecule has 8 heteroatoms. The standard InChI is InChI=1S/C21H18N4O3S/c1-27-20(26)16-9-7-15(8-10-16)14-29-21-24-23-19(18-6-2-3-11-22-18)25(21)13-17-5-4-12-28-17/h2-12H,13-14H2,1H3. The number of pyridine rings is 1. The molecule has 3 aromatic heterocycles. The molecule has 4 rings (SSSR count). The molecule has 0 aliphatic carbocycles. The lowest BCUT2D eigenvalue weighted by Gasteiger charge is -2.08. The molecule has 4 aromatic rings. The summed E-state index contributed by atoms with van der Waals surface area (Å²) in [6.45, 7) is 0.509. The summed E-state index contributed by atoms with van der Waals surface area (Å²) in [6.07, 6.45) is 3.38. The van der Waals surface area contributed by atoms with Gasteiger partial charge < -0.3 is 9.15 Å². The maximum absolute atomic E-state index is 11.6. The molecule has 146 valence electrons. The Labute approximate surface area is 171 Å². The van der Waals surface area contributed by atoms with Crippen molar-refractivity contribution in [3.63, 3.8) is 0 Å². The molecule has 7 nitrogen and oxygen atoms in total. The average molecular weight is 406 g/mol. The highest BCUT2D eigenvalue weighted by atomic mass is 32.2. The van der Waals surface area contributed by atoms with Crippen molar-refractivity contribution in [2.45, 2.75) is 17.5 Å². The predicted molar refractivity (Wildman–Crippen MR) is 108 cm³/mol. The quantitative estimate of drug-likeness (QED) is 0.338. The minimum absolute atomic E-state index is 0.345. The van der Waals surface area contributed by atoms with Gasteiger partial charge in [0.15, 0.2) is 11.0 Å². The molecule has 0 amide bonds. The van der Waals surface area contributed by atoms with Crippen LogP contribution in [0, 0.1) is 0 Å². The Morgan fingerprint density at radius 2 is 1.97 bits per heavy atom. The van der Waals surface area contributed by atoms with Crippen LogP contribution in [0.25, 0.3) is 11.5 Å². The summed E-state index contributed by atoms with van der Waals surface area (Å²) in [5, 5.41) is 9.48. The highest BCUT2D eigenvalue weighted by Gasteiger charge is 2.17. The number of rotatable bonds is 7. The molecule has 0 spiro atoms. The first kappa shape index (κ1) is 18.9. The largest absolute Gasteiger partial charge is 0.467 e. The second-order valence-electron chi connectivity index (χ2n) is 6.16. The Hall–Kier alpha value is -3.39. The van der Waals surface area contributed by atoms with Gasteiger partial charge in [0, 0.05) is 11.9 Å². The fraction of sp³-hybridized carbons (Fsp3) is 0.143. The van der Waals surface area contributed by atoms with Crippen LogP contribution in [0.5, 0.6) is 0 Å². The molecule has 0 radical (unpaired) electrons. The van der Waals surface area contributed by atoms with Gasteiger partial charge in [-0.1, -0.05) is 30.0 Å². The van der Waals surface area contributed by atoms with E-state index < -0.39 is 0 Å². The third-order valence-electron chi connectivity index (χ3n) is 4.25. The molecule has 0 saturated heterocycles. The van der Waals surface area contributed by atoms with Gasteiger partial charge in [-0.05, 0) is 42.0 Å². The summed E-state index contributed by atoms with van der Waals surface area (Å²) < 4.78 is 12.2. The fourth-order valence-corrected chi connectivity index (χ4v) is 3.68. The Kier molecular flexibility index (Phi) is 5.71. The van der Waals surface area contributed by atoms with Crippen LogP contribution in [0.15, 0.2) is 76.6 Å². The summed E-state index contributed by atoms with van der Waals surface area (Å²) in [4.78, 5) is 16.0. The normalized spacial score (nSPS) is 10.8. The van der Waals surface area contributed by atoms with Gasteiger partial charge in [-0.25, -0.2) is 4.79 Å². The van der Waals surface area contributed by atoms with E-state index in [0.717, 1.165) is 22.2 Å². The number of aromatic nitrogens is 4. The van der Waals surface area contributed by atoms with Crippen LogP contribution in [0.2, 0.25) is 0 Å². The van der Waals surface area contributed by atoms with Crippen LogP contribution >= 0.6 is 11.8 Å². The third kappa shape index (κ3) is 4.38. The number of thioether (sulfide) groups is 1. The number of esters is 1. The van der Waals surface area contributed by atoms with Gasteiger partial charge in [0.05, 0.1) is 25.5 Å². The van der Waals surface area contributed by atoms with Crippen LogP contribution < -0.4 is 0 Å². The number of hydrogen-bond donors (Lipinski definition) is 0. The molecule has 0 aliphatic rings. The van der Waals surface area contributed by atoms with Gasteiger partial charge in [0.25, 0.3) is 0 Å². The van der Waals surface area contributed by atoms with Crippen LogP contribution in [-0.4, -0.2) is 32.8 Å². The minimum atomic E-state index is -0.345. The number of benzene rings is 1. The smallest absolute Gasteiger partial charge is 0.337 e. The molecule has 0 aliphatic heterocycles. The first-order chi connectivity index (χ1) is 14.2. The van der Waals surface area contributed by atoms with E-state index in [-0.39, 0.29) is 5.97 Å². The Morgan fingerprint density at radius 1 is 1.10 bits per heavy atom. The molecule has 0 N–H and O–H groups in total. The average Bonchev–Trinajstić information content (AvgIpc) is 3.43. The predicted octanol–water partition coefficient (Wildman–Crippen LogP) is 4.06. The Bertz CT molecular complexity index is 1080. The van der Waals surface area contributed by atoms with E-state index in [0.29, 0.717) is 23.7 Å². The third-order valence-corrected chi connectivity index (χ3v) is 5.29. The van der Waals surface area contributed by atoms with Crippen molar-refractivity contribution >= 4 is 17.7 Å². The summed E-state index contributed by atoms with van der Waals surface area (Å²) >= 11 is 1.56. The lowest BCUT2D eigenvalue weighted by atomic mass is 10.1. The van der Waals surface area contributed by atoms with Gasteiger partial charge in [-0.2, -0.15) is 0 Å². The molecule has 0 bridgehead atoms. The summed E-state index contributed by atoms with van der Waals surface area (Å²) in [5.74, 6) is 1.83. The summed E-state index contributed by atoms with van der Waals surface area (Å²) in [5.41, 5.74) is 2.34. The number of furan rings is 1. The minimum Gasteiger partial charge on any atom is -0.467 e. The van der Waals surface area contributed by atoms with Gasteiger partial charge in [0.2, 0.25) is 0 Å². The number of ether oxygens (including phenoxy) is 1. The fourth-order valence-electron chi connectivity index (χ4n) is 2.78. The zero-order valence-corrected chi connectivity index (χ0v) is 16.5. The first-order valence-electron chi connectivity index (χ1n) is 8.91. The van der Waals surface area contributed by atoms with Crippen LogP contribution in [0.4, 0.5) is 0 Å². The van der Waals surface area contributed by atoms with E-state index in [1.165, 1.54) is 7.11 Å². The number of nitrogens with zero attached hydrogens (tertiary/aromatic N) is 4. The number of methoxy groups -OCH3 is 1. The van der Waals surface area contributed by atoms with Gasteiger partial charge in [-0.15, -0.1) is 10.2 Å². The number of carbonyl (C=O) groups is 1. The van der Waals surface area contributed by atoms with Crippen LogP contribution in [0.1, 0.15) is 21.7 Å². The van der Waals surface area contributed by atoms with E-state index in [4.69, 9.17) is 9.15 Å². The van der Waals surface area contributed by atoms with Crippen molar-refractivity contribution in [1.29, 1.82) is 0 Å². The highest BCUT2D eigenvalue weighted by Crippen LogP contribution is 2.26. The molecule has 0 atom stereocenters. The van der Waals surface area contributed by atoms with Gasteiger partial charge in [0.1, 0.15) is 11.5 Å². The Morgan fingerprint density at radius 3 is 2.66 bits per heavy atom. The van der Waals surface area contributed by atoms with Crippen molar-refractivity contribution in [3.05, 3.63) is 83.9 Å². The molecular formula is C21H18N4O3S. The van der Waals surface area contributed by atoms with Gasteiger partial charge >= 0.3 is 5.97 Å². The molecule has 0 saturated carbocycles. The Balaban J connectivity index is 1.56. The van der Waals surface area contributed by atoms with Crippen molar-refractivity contribution in [2.75, 3.05) is 7.11 Å². The van der Waals surface area contributed by atoms with Crippen molar-refractivity contribution in [1.82, 2.24) is 19.7 Å². The van der Waals surface area contributed by atoms with Crippen molar-refractivity contribution in [2.24, 2.45) is 0 Å². The second kappa shape index (κ2) is 8.74. The zero-order valence-electron chi connectivity index (χ0n) is 15.7. The van der Waals surface area contributed by atoms with E-state index in [2.05, 4.69) is 15.2 Å². The maximum Gasteiger partial charge on any atom is 0.337 e. The summed E-state index contributed by atoms with van der Waals surface area (Å²) in [6, 6.07) is 16.8. The van der Waals surface area contributed by atoms with E-state index in [1.54, 1.807) is 36.4 Å². The van der Waals surface area contributed by atoms with E-state index in [1.807, 2.05) is 47.0 Å². The SMILES string of the molecule is COC(=O)c1ccc(CSc2nnc(-c3ccccn3)n2Cc2ccco2)cc1. The molecule has 1 aromatic carbocycles. The zero-order chi connectivity index (χ0) is 20.1. The summed E-state index contributed by atoms with van der Waals surface area (Å²) in [7, 11) is 1.37. The highest BCUT2D eigenvalue weighted by molar-refractivity contribution is 7.98. The molecular weight excluding hydrogens is 388 g/mol. The van der Waals surface area contributed by atoms with Crippen LogP contribution in [0.3, 0.4) is 0 Å². The molecule has 3 heterocycles. The maximum atomic E-state index is 11.6. The lowest BCUT2D eigenvalue weighted by molar-refractivity contribution is 0.0600. The monoisotopic (exact) mass is 406 g/mol. The van der Waals surface area contributed by atoms with Crippen molar-refractivity contribution in [3.8, 4) is 11.5 Å².